The summed E-state index contributed by atoms with van der Waals surface area (Å²) in [4.78, 5) is 39.2. The van der Waals surface area contributed by atoms with E-state index in [0.717, 1.165) is 11.1 Å². The number of aromatic nitrogens is 1. The number of nitrogens with zero attached hydrogens (tertiary/aromatic N) is 2. The molecule has 0 fully saturated rings. The van der Waals surface area contributed by atoms with Crippen LogP contribution in [0.3, 0.4) is 0 Å². The van der Waals surface area contributed by atoms with E-state index in [9.17, 15) is 14.4 Å². The third-order valence-electron chi connectivity index (χ3n) is 4.09. The lowest BCUT2D eigenvalue weighted by molar-refractivity contribution is -0.134. The van der Waals surface area contributed by atoms with Gasteiger partial charge in [-0.15, -0.1) is 0 Å². The number of aromatic amines is 1. The number of carbonyl (C=O) groups excluding carboxylic acids is 3. The van der Waals surface area contributed by atoms with Gasteiger partial charge in [0.2, 0.25) is 11.7 Å². The number of rotatable bonds is 5. The molecule has 0 unspecified atom stereocenters. The Morgan fingerprint density at radius 3 is 2.77 bits per heavy atom. The number of anilines is 1. The van der Waals surface area contributed by atoms with Gasteiger partial charge in [-0.05, 0) is 43.2 Å². The Bertz CT molecular complexity index is 884. The zero-order chi connectivity index (χ0) is 18.7. The molecule has 0 atom stereocenters. The van der Waals surface area contributed by atoms with Crippen LogP contribution in [0.1, 0.15) is 34.5 Å². The molecule has 1 N–H and O–H groups in total. The second kappa shape index (κ2) is 7.35. The van der Waals surface area contributed by atoms with Crippen LogP contribution in [0.25, 0.3) is 0 Å². The molecule has 134 valence electrons. The Hall–Kier alpha value is -3.22. The number of benzene rings is 1. The van der Waals surface area contributed by atoms with E-state index in [1.54, 1.807) is 18.3 Å². The lowest BCUT2D eigenvalue weighted by atomic mass is 10.1. The largest absolute Gasteiger partial charge is 0.453 e. The van der Waals surface area contributed by atoms with Gasteiger partial charge in [0.1, 0.15) is 5.71 Å². The molecular formula is C19H19N3O4. The number of ether oxygens (including phenoxy) is 1. The summed E-state index contributed by atoms with van der Waals surface area (Å²) >= 11 is 0. The average Bonchev–Trinajstić information content (AvgIpc) is 3.17. The maximum absolute atomic E-state index is 12.3. The number of amides is 1. The predicted molar refractivity (Wildman–Crippen MR) is 96.2 cm³/mol. The van der Waals surface area contributed by atoms with Gasteiger partial charge in [-0.1, -0.05) is 12.1 Å². The maximum atomic E-state index is 12.3. The van der Waals surface area contributed by atoms with Crippen LogP contribution in [0.2, 0.25) is 0 Å². The van der Waals surface area contributed by atoms with E-state index in [0.29, 0.717) is 11.4 Å². The predicted octanol–water partition coefficient (Wildman–Crippen LogP) is 2.54. The van der Waals surface area contributed by atoms with Crippen molar-refractivity contribution in [1.82, 2.24) is 4.98 Å². The SMILES string of the molecule is Cc1ccc(C)c(N2N=C(C(=O)OCC(=O)c3ccc[nH]3)CCC2=O)c1. The Labute approximate surface area is 150 Å². The zero-order valence-corrected chi connectivity index (χ0v) is 14.6. The van der Waals surface area contributed by atoms with Crippen molar-refractivity contribution in [2.24, 2.45) is 5.10 Å². The summed E-state index contributed by atoms with van der Waals surface area (Å²) in [5.74, 6) is -1.20. The molecule has 1 aromatic heterocycles. The van der Waals surface area contributed by atoms with Crippen molar-refractivity contribution in [3.05, 3.63) is 53.3 Å². The van der Waals surface area contributed by atoms with E-state index in [2.05, 4.69) is 10.1 Å². The Morgan fingerprint density at radius 1 is 1.23 bits per heavy atom. The molecule has 0 aliphatic carbocycles. The fourth-order valence-electron chi connectivity index (χ4n) is 2.63. The first kappa shape index (κ1) is 17.6. The Balaban J connectivity index is 1.74. The van der Waals surface area contributed by atoms with Crippen molar-refractivity contribution >= 4 is 29.1 Å². The molecule has 1 aliphatic rings. The Kier molecular flexibility index (Phi) is 4.97. The van der Waals surface area contributed by atoms with Gasteiger partial charge in [-0.2, -0.15) is 10.1 Å². The molecule has 26 heavy (non-hydrogen) atoms. The van der Waals surface area contributed by atoms with E-state index in [1.807, 2.05) is 32.0 Å². The van der Waals surface area contributed by atoms with Crippen molar-refractivity contribution < 1.29 is 19.1 Å². The lowest BCUT2D eigenvalue weighted by Crippen LogP contribution is -2.35. The minimum atomic E-state index is -0.687. The number of hydrazone groups is 1. The minimum Gasteiger partial charge on any atom is -0.453 e. The number of ketones is 1. The second-order valence-corrected chi connectivity index (χ2v) is 6.13. The maximum Gasteiger partial charge on any atom is 0.354 e. The van der Waals surface area contributed by atoms with Crippen LogP contribution in [0, 0.1) is 13.8 Å². The smallest absolute Gasteiger partial charge is 0.354 e. The minimum absolute atomic E-state index is 0.129. The third-order valence-corrected chi connectivity index (χ3v) is 4.09. The Morgan fingerprint density at radius 2 is 2.04 bits per heavy atom. The molecule has 2 aromatic rings. The highest BCUT2D eigenvalue weighted by molar-refractivity contribution is 6.38. The zero-order valence-electron chi connectivity index (χ0n) is 14.6. The van der Waals surface area contributed by atoms with Crippen molar-refractivity contribution in [2.75, 3.05) is 11.6 Å². The van der Waals surface area contributed by atoms with Crippen molar-refractivity contribution in [1.29, 1.82) is 0 Å². The number of carbonyl (C=O) groups is 3. The number of Topliss-reactive ketones (excluding diaryl/α,β-unsaturated/α-hetero) is 1. The summed E-state index contributed by atoms with van der Waals surface area (Å²) in [7, 11) is 0. The van der Waals surface area contributed by atoms with Crippen molar-refractivity contribution in [2.45, 2.75) is 26.7 Å². The third kappa shape index (κ3) is 3.72. The summed E-state index contributed by atoms with van der Waals surface area (Å²) in [5, 5.41) is 5.43. The van der Waals surface area contributed by atoms with Crippen LogP contribution in [-0.2, 0) is 14.3 Å². The highest BCUT2D eigenvalue weighted by Crippen LogP contribution is 2.25. The summed E-state index contributed by atoms with van der Waals surface area (Å²) in [6, 6.07) is 8.98. The highest BCUT2D eigenvalue weighted by Gasteiger charge is 2.27. The number of hydrogen-bond acceptors (Lipinski definition) is 5. The van der Waals surface area contributed by atoms with Crippen LogP contribution in [0.5, 0.6) is 0 Å². The van der Waals surface area contributed by atoms with Crippen LogP contribution in [0.15, 0.2) is 41.6 Å². The van der Waals surface area contributed by atoms with E-state index >= 15 is 0 Å². The molecule has 0 saturated carbocycles. The first-order chi connectivity index (χ1) is 12.5. The van der Waals surface area contributed by atoms with Crippen molar-refractivity contribution in [3.63, 3.8) is 0 Å². The molecule has 0 spiro atoms. The summed E-state index contributed by atoms with van der Waals surface area (Å²) in [6.07, 6.45) is 1.97. The molecule has 1 aromatic carbocycles. The molecule has 0 radical (unpaired) electrons. The quantitative estimate of drug-likeness (QED) is 0.660. The van der Waals surface area contributed by atoms with Crippen LogP contribution in [0.4, 0.5) is 5.69 Å². The summed E-state index contributed by atoms with van der Waals surface area (Å²) in [5.41, 5.74) is 3.01. The number of H-pyrrole nitrogens is 1. The van der Waals surface area contributed by atoms with Gasteiger partial charge in [-0.3, -0.25) is 9.59 Å². The average molecular weight is 353 g/mol. The van der Waals surface area contributed by atoms with E-state index < -0.39 is 5.97 Å². The van der Waals surface area contributed by atoms with Gasteiger partial charge in [0.15, 0.2) is 6.61 Å². The van der Waals surface area contributed by atoms with E-state index in [1.165, 1.54) is 5.01 Å². The number of aryl methyl sites for hydroxylation is 2. The molecular weight excluding hydrogens is 334 g/mol. The molecule has 7 heteroatoms. The van der Waals surface area contributed by atoms with Gasteiger partial charge in [0.25, 0.3) is 0 Å². The fraction of sp³-hybridized carbons (Fsp3) is 0.263. The highest BCUT2D eigenvalue weighted by atomic mass is 16.5. The van der Waals surface area contributed by atoms with E-state index in [4.69, 9.17) is 4.74 Å². The van der Waals surface area contributed by atoms with Gasteiger partial charge < -0.3 is 9.72 Å². The van der Waals surface area contributed by atoms with Gasteiger partial charge in [-0.25, -0.2) is 4.79 Å². The molecule has 7 nitrogen and oxygen atoms in total. The topological polar surface area (TPSA) is 91.8 Å². The molecule has 2 heterocycles. The van der Waals surface area contributed by atoms with Crippen LogP contribution >= 0.6 is 0 Å². The molecule has 3 rings (SSSR count). The lowest BCUT2D eigenvalue weighted by Gasteiger charge is -2.24. The molecule has 1 aliphatic heterocycles. The molecule has 1 amide bonds. The van der Waals surface area contributed by atoms with E-state index in [-0.39, 0.29) is 36.9 Å². The fourth-order valence-corrected chi connectivity index (χ4v) is 2.63. The second-order valence-electron chi connectivity index (χ2n) is 6.13. The van der Waals surface area contributed by atoms with Gasteiger partial charge >= 0.3 is 5.97 Å². The first-order valence-electron chi connectivity index (χ1n) is 8.27. The summed E-state index contributed by atoms with van der Waals surface area (Å²) < 4.78 is 5.06. The molecule has 0 saturated heterocycles. The monoisotopic (exact) mass is 353 g/mol. The van der Waals surface area contributed by atoms with Crippen molar-refractivity contribution in [3.8, 4) is 0 Å². The van der Waals surface area contributed by atoms with Gasteiger partial charge in [0, 0.05) is 19.0 Å². The molecule has 0 bridgehead atoms. The number of nitrogens with one attached hydrogen (secondary N) is 1. The number of esters is 1. The van der Waals surface area contributed by atoms with Crippen LogP contribution in [-0.4, -0.2) is 35.0 Å². The summed E-state index contributed by atoms with van der Waals surface area (Å²) in [6.45, 7) is 3.41. The van der Waals surface area contributed by atoms with Gasteiger partial charge in [0.05, 0.1) is 11.4 Å². The van der Waals surface area contributed by atoms with Crippen LogP contribution < -0.4 is 5.01 Å². The normalized spacial score (nSPS) is 14.2. The standard InChI is InChI=1S/C19H19N3O4/c1-12-5-6-13(2)16(10-12)22-18(24)8-7-15(21-22)19(25)26-11-17(23)14-4-3-9-20-14/h3-6,9-10,20H,7-8,11H2,1-2H3. The first-order valence-corrected chi connectivity index (χ1v) is 8.27. The number of hydrogen-bond donors (Lipinski definition) is 1.